The van der Waals surface area contributed by atoms with Crippen molar-refractivity contribution in [3.63, 3.8) is 0 Å². The van der Waals surface area contributed by atoms with Gasteiger partial charge in [0.1, 0.15) is 0 Å². The Hall–Kier alpha value is -7.66. The van der Waals surface area contributed by atoms with Crippen LogP contribution in [0.5, 0.6) is 0 Å². The van der Waals surface area contributed by atoms with Gasteiger partial charge in [-0.05, 0) is 69.5 Å². The molecule has 0 unspecified atom stereocenters. The standard InChI is InChI=1S/C64H51N3P3.C5H5N.BF4.Ir/c1-46-55-40-22-25-43-58(55)65(68(49-28-10-4-11-29-49)50-30-12-5-13-31-50)62(46)61(63-47(2)56-41-23-26-44-59(56)66(63)69(51-32-14-6-15-33-51)52-34-16-7-17-35-52)64-48(3)57-42-24-27-45-60(57)67(64)70(53-36-18-8-19-37-53)54-38-20-9-21-39-54;1-2-4-6-5-3-1;2-1(3,4)5;/h4-45H,1-3H3;1-5H;;/q-1;;-1;. The first-order valence-electron chi connectivity index (χ1n) is 26.7. The molecule has 0 fully saturated rings. The summed E-state index contributed by atoms with van der Waals surface area (Å²) in [5.74, 6) is 1.24. The molecule has 13 heteroatoms. The third-order valence-corrected chi connectivity index (χ3v) is 21.4. The number of pyridine rings is 1. The minimum atomic E-state index is -6.00. The summed E-state index contributed by atoms with van der Waals surface area (Å²) in [6, 6.07) is 101. The Morgan fingerprint density at radius 1 is 0.305 bits per heavy atom. The SMILES string of the molecule is Cc1c([C-](c2c(C)c3ccccc3n2P(c2ccccc2)c2ccccc2)c2c(C)c3ccccc3n2P(c2ccccc2)c2ccccc2)n(P(c2ccccc2)c2ccccc2)c2ccccc12.F[B-](F)(F)F.[Ir].c1ccncc1. The zero-order valence-electron chi connectivity index (χ0n) is 45.2. The number of aromatic nitrogens is 4. The number of rotatable bonds is 12. The molecule has 4 heterocycles. The molecule has 0 aliphatic rings. The number of nitrogens with zero attached hydrogens (tertiary/aromatic N) is 4. The molecule has 0 amide bonds. The number of aryl methyl sites for hydroxylation is 3. The van der Waals surface area contributed by atoms with Gasteiger partial charge < -0.3 is 30.3 Å². The molecule has 0 aliphatic carbocycles. The van der Waals surface area contributed by atoms with Gasteiger partial charge in [0.2, 0.25) is 0 Å². The van der Waals surface area contributed by atoms with Gasteiger partial charge in [0.15, 0.2) is 0 Å². The molecular weight excluding hydrogens is 1260 g/mol. The molecule has 0 spiro atoms. The van der Waals surface area contributed by atoms with E-state index in [-0.39, 0.29) is 20.1 Å². The predicted octanol–water partition coefficient (Wildman–Crippen LogP) is 16.6. The predicted molar refractivity (Wildman–Crippen MR) is 338 cm³/mol. The Morgan fingerprint density at radius 2 is 0.500 bits per heavy atom. The van der Waals surface area contributed by atoms with Crippen LogP contribution in [0, 0.1) is 26.7 Å². The molecule has 9 aromatic carbocycles. The molecule has 0 aliphatic heterocycles. The molecular formula is C69H56BF4IrN4P3-2. The first-order chi connectivity index (χ1) is 39.6. The van der Waals surface area contributed by atoms with Crippen LogP contribution in [0.1, 0.15) is 33.8 Å². The second-order valence-electron chi connectivity index (χ2n) is 19.3. The zero-order valence-corrected chi connectivity index (χ0v) is 50.3. The molecule has 0 atom stereocenters. The van der Waals surface area contributed by atoms with Gasteiger partial charge >= 0.3 is 7.25 Å². The fourth-order valence-corrected chi connectivity index (χ4v) is 18.4. The fourth-order valence-electron chi connectivity index (χ4n) is 10.9. The number of hydrogen-bond donors (Lipinski definition) is 0. The van der Waals surface area contributed by atoms with Crippen molar-refractivity contribution < 1.29 is 37.4 Å². The second kappa shape index (κ2) is 26.1. The van der Waals surface area contributed by atoms with Crippen LogP contribution in [-0.4, -0.2) is 25.3 Å². The van der Waals surface area contributed by atoms with Crippen LogP contribution in [0.15, 0.2) is 285 Å². The van der Waals surface area contributed by atoms with Crippen LogP contribution in [0.4, 0.5) is 17.3 Å². The van der Waals surface area contributed by atoms with Crippen LogP contribution in [0.25, 0.3) is 32.7 Å². The van der Waals surface area contributed by atoms with Crippen molar-refractivity contribution in [2.75, 3.05) is 0 Å². The normalized spacial score (nSPS) is 11.3. The quantitative estimate of drug-likeness (QED) is 0.0518. The number of benzene rings is 9. The van der Waals surface area contributed by atoms with Gasteiger partial charge in [0.25, 0.3) is 0 Å². The molecule has 13 aromatic rings. The van der Waals surface area contributed by atoms with Gasteiger partial charge in [-0.1, -0.05) is 280 Å². The maximum absolute atomic E-state index is 9.75. The van der Waals surface area contributed by atoms with E-state index in [4.69, 9.17) is 0 Å². The first kappa shape index (κ1) is 57.6. The van der Waals surface area contributed by atoms with Crippen molar-refractivity contribution in [3.05, 3.63) is 325 Å². The summed E-state index contributed by atoms with van der Waals surface area (Å²) in [7, 11) is -9.49. The maximum atomic E-state index is 9.75. The summed E-state index contributed by atoms with van der Waals surface area (Å²) >= 11 is 0. The Bertz CT molecular complexity index is 3620. The van der Waals surface area contributed by atoms with Gasteiger partial charge in [-0.3, -0.25) is 4.98 Å². The molecule has 0 bridgehead atoms. The van der Waals surface area contributed by atoms with Gasteiger partial charge in [-0.2, -0.15) is 0 Å². The van der Waals surface area contributed by atoms with E-state index in [9.17, 15) is 17.3 Å². The Kier molecular flexibility index (Phi) is 18.3. The summed E-state index contributed by atoms with van der Waals surface area (Å²) < 4.78 is 47.3. The maximum Gasteiger partial charge on any atom is 0.673 e. The van der Waals surface area contributed by atoms with Gasteiger partial charge in [0, 0.05) is 80.9 Å². The van der Waals surface area contributed by atoms with Crippen molar-refractivity contribution in [1.29, 1.82) is 0 Å². The molecule has 82 heavy (non-hydrogen) atoms. The third kappa shape index (κ3) is 12.0. The van der Waals surface area contributed by atoms with E-state index < -0.39 is 31.5 Å². The minimum Gasteiger partial charge on any atom is -0.418 e. The summed E-state index contributed by atoms with van der Waals surface area (Å²) in [4.78, 5) is 3.78. The number of halogens is 4. The van der Waals surface area contributed by atoms with Gasteiger partial charge in [-0.25, -0.2) is 0 Å². The molecule has 0 saturated heterocycles. The van der Waals surface area contributed by atoms with Crippen molar-refractivity contribution in [2.24, 2.45) is 0 Å². The minimum absolute atomic E-state index is 0. The van der Waals surface area contributed by atoms with Crippen molar-refractivity contribution in [3.8, 4) is 0 Å². The summed E-state index contributed by atoms with van der Waals surface area (Å²) in [5, 5.41) is 11.6. The zero-order chi connectivity index (χ0) is 55.9. The van der Waals surface area contributed by atoms with E-state index in [2.05, 4.69) is 294 Å². The van der Waals surface area contributed by atoms with Gasteiger partial charge in [0.05, 0.1) is 24.2 Å². The fraction of sp³-hybridized carbons (Fsp3) is 0.0435. The van der Waals surface area contributed by atoms with E-state index in [1.165, 1.54) is 104 Å². The average Bonchev–Trinajstić information content (AvgIpc) is 2.74. The largest absolute Gasteiger partial charge is 0.673 e. The van der Waals surface area contributed by atoms with Crippen molar-refractivity contribution in [2.45, 2.75) is 20.8 Å². The average molecular weight is 1310 g/mol. The van der Waals surface area contributed by atoms with E-state index in [0.717, 1.165) is 0 Å². The van der Waals surface area contributed by atoms with E-state index in [1.54, 1.807) is 12.4 Å². The topological polar surface area (TPSA) is 27.7 Å². The van der Waals surface area contributed by atoms with Crippen LogP contribution in [0.3, 0.4) is 0 Å². The third-order valence-electron chi connectivity index (χ3n) is 14.2. The van der Waals surface area contributed by atoms with Crippen molar-refractivity contribution in [1.82, 2.24) is 18.0 Å². The molecule has 0 N–H and O–H groups in total. The monoisotopic (exact) mass is 1310 g/mol. The van der Waals surface area contributed by atoms with Crippen molar-refractivity contribution >= 4 is 96.0 Å². The summed E-state index contributed by atoms with van der Waals surface area (Å²) in [5.41, 5.74) is 11.2. The Morgan fingerprint density at radius 3 is 0.695 bits per heavy atom. The summed E-state index contributed by atoms with van der Waals surface area (Å²) in [6.45, 7) is 7.16. The van der Waals surface area contributed by atoms with E-state index in [0.29, 0.717) is 0 Å². The van der Waals surface area contributed by atoms with Crippen LogP contribution < -0.4 is 31.8 Å². The van der Waals surface area contributed by atoms with Crippen LogP contribution in [0.2, 0.25) is 0 Å². The number of fused-ring (bicyclic) bond motifs is 3. The van der Waals surface area contributed by atoms with E-state index >= 15 is 0 Å². The molecule has 409 valence electrons. The van der Waals surface area contributed by atoms with Crippen LogP contribution >= 0.6 is 24.2 Å². The van der Waals surface area contributed by atoms with Crippen LogP contribution in [-0.2, 0) is 20.1 Å². The molecule has 13 rings (SSSR count). The molecule has 4 aromatic heterocycles. The Balaban J connectivity index is 0.000000569. The summed E-state index contributed by atoms with van der Waals surface area (Å²) in [6.07, 6.45) is 3.50. The smallest absolute Gasteiger partial charge is 0.418 e. The second-order valence-corrected chi connectivity index (χ2v) is 25.4. The molecule has 1 radical (unpaired) electrons. The van der Waals surface area contributed by atoms with E-state index in [1.807, 2.05) is 18.2 Å². The molecule has 4 nitrogen and oxygen atoms in total. The number of para-hydroxylation sites is 3. The molecule has 0 saturated carbocycles. The first-order valence-corrected chi connectivity index (χ1v) is 30.6. The Labute approximate surface area is 494 Å². The van der Waals surface area contributed by atoms with Gasteiger partial charge in [-0.15, -0.1) is 0 Å². The number of hydrogen-bond acceptors (Lipinski definition) is 1.